The lowest BCUT2D eigenvalue weighted by molar-refractivity contribution is -0.126. The Balaban J connectivity index is 0.000000389. The van der Waals surface area contributed by atoms with E-state index in [1.807, 2.05) is 116 Å². The van der Waals surface area contributed by atoms with Crippen LogP contribution in [0.3, 0.4) is 0 Å². The van der Waals surface area contributed by atoms with Crippen molar-refractivity contribution in [3.8, 4) is 0 Å². The molecule has 6 aliphatic rings. The fourth-order valence-electron chi connectivity index (χ4n) is 11.3. The van der Waals surface area contributed by atoms with Crippen LogP contribution in [0.5, 0.6) is 0 Å². The number of ether oxygens (including phenoxy) is 5. The zero-order valence-corrected chi connectivity index (χ0v) is 58.3. The first kappa shape index (κ1) is 80.5. The van der Waals surface area contributed by atoms with Gasteiger partial charge in [0, 0.05) is 93.0 Å². The molecule has 5 amide bonds. The van der Waals surface area contributed by atoms with E-state index in [4.69, 9.17) is 23.7 Å². The molecule has 6 rings (SSSR count). The second kappa shape index (κ2) is 34.9. The molecular weight excluding hydrogens is 1160 g/mol. The lowest BCUT2D eigenvalue weighted by atomic mass is 9.71. The normalized spacial score (nSPS) is 19.8. The van der Waals surface area contributed by atoms with Gasteiger partial charge in [-0.2, -0.15) is 0 Å². The van der Waals surface area contributed by atoms with Crippen LogP contribution in [0, 0.1) is 27.6 Å². The SMILES string of the molecule is C=CCC1(C(=O)C=C)CCN(C(=O)OC(C)(C)C)CC1.C=CCC1(C(O)C=C)CCN(C(=O)OC(C)(C)C)CC1.C=CCC1(C=O)CCN(C(=O)OC(C)(C)C)CC1.CC(C)(C)OC(=O)N1CCC(C=O)CC1.CC(C)(C)OC(=O)N1CCC2(CC=CC2=O)CC1. The third-order valence-electron chi connectivity index (χ3n) is 16.7. The predicted molar refractivity (Wildman–Crippen MR) is 355 cm³/mol. The average Bonchev–Trinajstić information content (AvgIpc) is 1.90. The summed E-state index contributed by atoms with van der Waals surface area (Å²) in [5, 5.41) is 10.2. The van der Waals surface area contributed by atoms with Crippen molar-refractivity contribution < 1.29 is 71.9 Å². The van der Waals surface area contributed by atoms with Crippen LogP contribution in [0.4, 0.5) is 24.0 Å². The Kier molecular flexibility index (Phi) is 30.9. The number of aliphatic hydroxyl groups is 1. The van der Waals surface area contributed by atoms with Gasteiger partial charge in [-0.1, -0.05) is 37.0 Å². The summed E-state index contributed by atoms with van der Waals surface area (Å²) in [4.78, 5) is 113. The molecule has 1 unspecified atom stereocenters. The monoisotopic (exact) mass is 1280 g/mol. The first-order valence-electron chi connectivity index (χ1n) is 32.4. The van der Waals surface area contributed by atoms with Crippen LogP contribution in [0.1, 0.15) is 194 Å². The third-order valence-corrected chi connectivity index (χ3v) is 16.7. The van der Waals surface area contributed by atoms with E-state index < -0.39 is 39.5 Å². The van der Waals surface area contributed by atoms with E-state index in [0.29, 0.717) is 104 Å². The number of rotatable bonds is 12. The quantitative estimate of drug-likeness (QED) is 0.0828. The van der Waals surface area contributed by atoms with Crippen LogP contribution in [0.2, 0.25) is 0 Å². The molecule has 20 nitrogen and oxygen atoms in total. The number of nitrogens with zero attached hydrogens (tertiary/aromatic N) is 5. The van der Waals surface area contributed by atoms with Crippen molar-refractivity contribution in [3.05, 3.63) is 75.4 Å². The van der Waals surface area contributed by atoms with Gasteiger partial charge in [-0.25, -0.2) is 24.0 Å². The van der Waals surface area contributed by atoms with Gasteiger partial charge in [0.05, 0.1) is 6.10 Å². The Morgan fingerprint density at radius 1 is 0.505 bits per heavy atom. The summed E-state index contributed by atoms with van der Waals surface area (Å²) in [5.74, 6) is 0.385. The summed E-state index contributed by atoms with van der Waals surface area (Å²) in [7, 11) is 0. The number of carbonyl (C=O) groups excluding carboxylic acids is 9. The van der Waals surface area contributed by atoms with Gasteiger partial charge in [0.1, 0.15) is 40.6 Å². The van der Waals surface area contributed by atoms with Crippen LogP contribution < -0.4 is 0 Å². The Bertz CT molecular complexity index is 2500. The first-order valence-corrected chi connectivity index (χ1v) is 32.4. The lowest BCUT2D eigenvalue weighted by Gasteiger charge is -2.43. The molecule has 1 spiro atoms. The summed E-state index contributed by atoms with van der Waals surface area (Å²) in [6, 6.07) is 0. The van der Waals surface area contributed by atoms with Crippen molar-refractivity contribution in [2.24, 2.45) is 27.6 Å². The summed E-state index contributed by atoms with van der Waals surface area (Å²) in [6.07, 6.45) is 21.9. The molecule has 5 fully saturated rings. The highest BCUT2D eigenvalue weighted by Crippen LogP contribution is 2.42. The minimum atomic E-state index is -0.568. The van der Waals surface area contributed by atoms with Crippen molar-refractivity contribution in [1.82, 2.24) is 24.5 Å². The highest BCUT2D eigenvalue weighted by Gasteiger charge is 2.45. The largest absolute Gasteiger partial charge is 0.444 e. The molecule has 514 valence electrons. The van der Waals surface area contributed by atoms with Gasteiger partial charge in [0.25, 0.3) is 0 Å². The van der Waals surface area contributed by atoms with Crippen LogP contribution in [0.15, 0.2) is 75.4 Å². The lowest BCUT2D eigenvalue weighted by Crippen LogP contribution is -2.48. The molecule has 0 radical (unpaired) electrons. The van der Waals surface area contributed by atoms with E-state index >= 15 is 0 Å². The average molecular weight is 1280 g/mol. The van der Waals surface area contributed by atoms with Gasteiger partial charge in [-0.05, 0) is 206 Å². The molecule has 5 saturated heterocycles. The van der Waals surface area contributed by atoms with E-state index in [0.717, 1.165) is 63.9 Å². The van der Waals surface area contributed by atoms with Gasteiger partial charge in [-0.15, -0.1) is 26.3 Å². The van der Waals surface area contributed by atoms with E-state index in [1.165, 1.54) is 6.08 Å². The maximum absolute atomic E-state index is 12.1. The number of carbonyl (C=O) groups is 9. The van der Waals surface area contributed by atoms with Crippen molar-refractivity contribution >= 4 is 54.6 Å². The number of hydrogen-bond acceptors (Lipinski definition) is 15. The predicted octanol–water partition coefficient (Wildman–Crippen LogP) is 13.6. The Hall–Kier alpha value is -6.57. The highest BCUT2D eigenvalue weighted by atomic mass is 16.6. The Morgan fingerprint density at radius 3 is 1.12 bits per heavy atom. The van der Waals surface area contributed by atoms with Crippen molar-refractivity contribution in [2.45, 2.75) is 228 Å². The standard InChI is InChI=1S/C16H27NO3.C16H25NO3.C14H21NO3.C14H23NO3.C11H19NO3/c2*1-6-8-16(13(18)7-2)9-11-17(12-10-16)14(19)20-15(3,4)5;1-13(2,3)18-12(17)15-9-7-14(8-10-15)6-4-5-11(14)16;1-5-6-14(11-16)7-9-15(10-8-14)12(17)18-13(2,3)4;1-11(2,3)15-10(14)12-6-4-9(8-13)5-7-12/h6-7,13,18H,1-2,8-12H2,3-5H3;6-7H,1-2,8-12H2,3-5H3;4-5H,6-10H2,1-3H3;5,11H,1,6-10H2,2-4H3;8-9H,4-7H2,1-3H3. The summed E-state index contributed by atoms with van der Waals surface area (Å²) < 4.78 is 26.6. The van der Waals surface area contributed by atoms with Crippen LogP contribution >= 0.6 is 0 Å². The smallest absolute Gasteiger partial charge is 0.410 e. The minimum absolute atomic E-state index is 0.0428. The maximum Gasteiger partial charge on any atom is 0.410 e. The van der Waals surface area contributed by atoms with E-state index in [-0.39, 0.29) is 64.2 Å². The number of ketones is 2. The molecule has 1 aliphatic carbocycles. The van der Waals surface area contributed by atoms with Gasteiger partial charge in [0.2, 0.25) is 0 Å². The maximum atomic E-state index is 12.1. The highest BCUT2D eigenvalue weighted by molar-refractivity contribution is 5.97. The molecule has 1 N–H and O–H groups in total. The van der Waals surface area contributed by atoms with Gasteiger partial charge >= 0.3 is 30.5 Å². The number of aldehydes is 2. The topological polar surface area (TPSA) is 236 Å². The van der Waals surface area contributed by atoms with Crippen molar-refractivity contribution in [1.29, 1.82) is 0 Å². The number of allylic oxidation sites excluding steroid dienone is 6. The van der Waals surface area contributed by atoms with Crippen molar-refractivity contribution in [2.75, 3.05) is 65.4 Å². The summed E-state index contributed by atoms with van der Waals surface area (Å²) >= 11 is 0. The Labute approximate surface area is 545 Å². The van der Waals surface area contributed by atoms with E-state index in [1.54, 1.807) is 48.8 Å². The fourth-order valence-corrected chi connectivity index (χ4v) is 11.3. The Morgan fingerprint density at radius 2 is 0.835 bits per heavy atom. The van der Waals surface area contributed by atoms with E-state index in [9.17, 15) is 48.3 Å². The molecule has 5 heterocycles. The van der Waals surface area contributed by atoms with Gasteiger partial charge in [-0.3, -0.25) is 9.59 Å². The summed E-state index contributed by atoms with van der Waals surface area (Å²) in [6.45, 7) is 52.1. The molecule has 20 heteroatoms. The number of likely N-dealkylation sites (tertiary alicyclic amines) is 5. The van der Waals surface area contributed by atoms with Crippen LogP contribution in [-0.2, 0) is 42.9 Å². The number of aliphatic hydroxyl groups excluding tert-OH is 1. The number of piperidine rings is 5. The van der Waals surface area contributed by atoms with E-state index in [2.05, 4.69) is 32.9 Å². The van der Waals surface area contributed by atoms with Crippen LogP contribution in [0.25, 0.3) is 0 Å². The van der Waals surface area contributed by atoms with Gasteiger partial charge in [0.15, 0.2) is 11.6 Å². The molecule has 0 aromatic carbocycles. The molecule has 0 bridgehead atoms. The second-order valence-corrected chi connectivity index (χ2v) is 29.9. The zero-order valence-electron chi connectivity index (χ0n) is 58.3. The number of amides is 5. The first-order chi connectivity index (χ1) is 42.0. The summed E-state index contributed by atoms with van der Waals surface area (Å²) in [5.41, 5.74) is -3.60. The molecular formula is C71H115N5O15. The molecule has 5 aliphatic heterocycles. The molecule has 0 aromatic rings. The molecule has 0 aromatic heterocycles. The fraction of sp³-hybridized carbons (Fsp3) is 0.704. The second-order valence-electron chi connectivity index (χ2n) is 29.9. The van der Waals surface area contributed by atoms with Crippen LogP contribution in [-0.4, -0.2) is 184 Å². The minimum Gasteiger partial charge on any atom is -0.444 e. The van der Waals surface area contributed by atoms with Gasteiger partial charge < -0.3 is 62.9 Å². The molecule has 0 saturated carbocycles. The third kappa shape index (κ3) is 27.3. The zero-order chi connectivity index (χ0) is 69.5. The van der Waals surface area contributed by atoms with Crippen molar-refractivity contribution in [3.63, 3.8) is 0 Å². The molecule has 91 heavy (non-hydrogen) atoms. The number of hydrogen-bond donors (Lipinski definition) is 1. The molecule has 1 atom stereocenters.